The van der Waals surface area contributed by atoms with E-state index in [2.05, 4.69) is 47.4 Å². The molecule has 19 heavy (non-hydrogen) atoms. The van der Waals surface area contributed by atoms with Crippen molar-refractivity contribution in [1.29, 1.82) is 0 Å². The largest absolute Gasteiger partial charge is 0.472 e. The quantitative estimate of drug-likeness (QED) is 0.829. The fourth-order valence-corrected chi connectivity index (χ4v) is 2.00. The first-order valence-electron chi connectivity index (χ1n) is 6.63. The fourth-order valence-electron chi connectivity index (χ4n) is 2.00. The second-order valence-corrected chi connectivity index (χ2v) is 4.70. The lowest BCUT2D eigenvalue weighted by Gasteiger charge is -2.15. The smallest absolute Gasteiger partial charge is 0.0947 e. The summed E-state index contributed by atoms with van der Waals surface area (Å²) in [5.74, 6) is 0. The van der Waals surface area contributed by atoms with Gasteiger partial charge in [-0.25, -0.2) is 0 Å². The number of nitrogens with zero attached hydrogens (tertiary/aromatic N) is 2. The Hall–Kier alpha value is -1.65. The fraction of sp³-hybridized carbons (Fsp3) is 0.400. The molecule has 0 atom stereocenters. The summed E-state index contributed by atoms with van der Waals surface area (Å²) in [6.45, 7) is 5.60. The van der Waals surface area contributed by atoms with E-state index in [1.54, 1.807) is 12.5 Å². The highest BCUT2D eigenvalue weighted by atomic mass is 16.3. The summed E-state index contributed by atoms with van der Waals surface area (Å²) in [6, 6.07) is 8.19. The number of aromatic nitrogens is 1. The van der Waals surface area contributed by atoms with Crippen molar-refractivity contribution >= 4 is 0 Å². The van der Waals surface area contributed by atoms with Gasteiger partial charge in [-0.2, -0.15) is 0 Å². The van der Waals surface area contributed by atoms with Crippen LogP contribution >= 0.6 is 0 Å². The second kappa shape index (κ2) is 7.07. The standard InChI is InChI=1S/C15H21N3O/c1-3-16-9-14-5-4-6-15(17-14)11-18(2)10-13-7-8-19-12-13/h4-8,12,16H,3,9-11H2,1-2H3. The molecule has 0 saturated carbocycles. The number of hydrogen-bond acceptors (Lipinski definition) is 4. The number of furan rings is 1. The molecule has 2 aromatic heterocycles. The summed E-state index contributed by atoms with van der Waals surface area (Å²) in [7, 11) is 2.09. The lowest BCUT2D eigenvalue weighted by atomic mass is 10.2. The van der Waals surface area contributed by atoms with Crippen molar-refractivity contribution in [3.63, 3.8) is 0 Å². The van der Waals surface area contributed by atoms with Crippen LogP contribution in [-0.2, 0) is 19.6 Å². The second-order valence-electron chi connectivity index (χ2n) is 4.70. The van der Waals surface area contributed by atoms with Crippen molar-refractivity contribution in [2.45, 2.75) is 26.6 Å². The van der Waals surface area contributed by atoms with Gasteiger partial charge in [0.05, 0.1) is 23.9 Å². The molecular formula is C15H21N3O. The molecule has 0 aliphatic heterocycles. The molecule has 4 nitrogen and oxygen atoms in total. The molecule has 1 N–H and O–H groups in total. The van der Waals surface area contributed by atoms with Crippen LogP contribution in [0.3, 0.4) is 0 Å². The van der Waals surface area contributed by atoms with Crippen molar-refractivity contribution < 1.29 is 4.42 Å². The van der Waals surface area contributed by atoms with Crippen molar-refractivity contribution in [2.75, 3.05) is 13.6 Å². The first-order valence-corrected chi connectivity index (χ1v) is 6.63. The maximum absolute atomic E-state index is 5.08. The van der Waals surface area contributed by atoms with E-state index in [-0.39, 0.29) is 0 Å². The minimum atomic E-state index is 0.829. The molecule has 0 saturated heterocycles. The molecule has 0 bridgehead atoms. The van der Waals surface area contributed by atoms with E-state index in [1.807, 2.05) is 6.07 Å². The van der Waals surface area contributed by atoms with E-state index >= 15 is 0 Å². The van der Waals surface area contributed by atoms with Crippen molar-refractivity contribution in [3.8, 4) is 0 Å². The minimum absolute atomic E-state index is 0.829. The molecule has 0 fully saturated rings. The maximum atomic E-state index is 5.08. The van der Waals surface area contributed by atoms with Gasteiger partial charge in [-0.3, -0.25) is 9.88 Å². The van der Waals surface area contributed by atoms with Gasteiger partial charge >= 0.3 is 0 Å². The lowest BCUT2D eigenvalue weighted by molar-refractivity contribution is 0.313. The SMILES string of the molecule is CCNCc1cccc(CN(C)Cc2ccoc2)n1. The Balaban J connectivity index is 1.90. The van der Waals surface area contributed by atoms with Crippen LogP contribution in [0.5, 0.6) is 0 Å². The number of nitrogens with one attached hydrogen (secondary N) is 1. The number of rotatable bonds is 7. The molecule has 0 aromatic carbocycles. The summed E-state index contributed by atoms with van der Waals surface area (Å²) in [4.78, 5) is 6.88. The average Bonchev–Trinajstić information content (AvgIpc) is 2.89. The van der Waals surface area contributed by atoms with Gasteiger partial charge in [0, 0.05) is 25.2 Å². The highest BCUT2D eigenvalue weighted by molar-refractivity contribution is 5.12. The van der Waals surface area contributed by atoms with Crippen LogP contribution in [0.2, 0.25) is 0 Å². The molecule has 4 heteroatoms. The van der Waals surface area contributed by atoms with E-state index < -0.39 is 0 Å². The zero-order valence-electron chi connectivity index (χ0n) is 11.6. The Morgan fingerprint density at radius 1 is 1.21 bits per heavy atom. The monoisotopic (exact) mass is 259 g/mol. The first kappa shape index (κ1) is 13.8. The van der Waals surface area contributed by atoms with Gasteiger partial charge in [0.1, 0.15) is 0 Å². The van der Waals surface area contributed by atoms with Crippen LogP contribution < -0.4 is 5.32 Å². The third-order valence-corrected chi connectivity index (χ3v) is 2.89. The van der Waals surface area contributed by atoms with E-state index in [0.29, 0.717) is 0 Å². The Bertz CT molecular complexity index is 482. The molecule has 0 aliphatic rings. The van der Waals surface area contributed by atoms with E-state index in [0.717, 1.165) is 37.6 Å². The molecule has 0 unspecified atom stereocenters. The van der Waals surface area contributed by atoms with Crippen LogP contribution in [0, 0.1) is 0 Å². The summed E-state index contributed by atoms with van der Waals surface area (Å²) in [5.41, 5.74) is 3.38. The highest BCUT2D eigenvalue weighted by Gasteiger charge is 2.04. The predicted molar refractivity (Wildman–Crippen MR) is 75.5 cm³/mol. The Morgan fingerprint density at radius 2 is 2.05 bits per heavy atom. The summed E-state index contributed by atoms with van der Waals surface area (Å²) >= 11 is 0. The molecule has 0 amide bonds. The van der Waals surface area contributed by atoms with Gasteiger partial charge in [-0.1, -0.05) is 13.0 Å². The van der Waals surface area contributed by atoms with E-state index in [4.69, 9.17) is 4.42 Å². The van der Waals surface area contributed by atoms with Gasteiger partial charge in [0.2, 0.25) is 0 Å². The van der Waals surface area contributed by atoms with Crippen molar-refractivity contribution in [2.24, 2.45) is 0 Å². The van der Waals surface area contributed by atoms with Crippen LogP contribution in [-0.4, -0.2) is 23.5 Å². The Morgan fingerprint density at radius 3 is 2.79 bits per heavy atom. The van der Waals surface area contributed by atoms with Crippen LogP contribution in [0.25, 0.3) is 0 Å². The Kier molecular flexibility index (Phi) is 5.12. The van der Waals surface area contributed by atoms with Gasteiger partial charge < -0.3 is 9.73 Å². The number of hydrogen-bond donors (Lipinski definition) is 1. The topological polar surface area (TPSA) is 41.3 Å². The lowest BCUT2D eigenvalue weighted by Crippen LogP contribution is -2.19. The van der Waals surface area contributed by atoms with Gasteiger partial charge in [0.15, 0.2) is 0 Å². The van der Waals surface area contributed by atoms with Gasteiger partial charge in [0.25, 0.3) is 0 Å². The summed E-state index contributed by atoms with van der Waals surface area (Å²) in [5, 5.41) is 3.29. The van der Waals surface area contributed by atoms with Crippen LogP contribution in [0.1, 0.15) is 23.9 Å². The Labute approximate surface area is 114 Å². The van der Waals surface area contributed by atoms with Crippen LogP contribution in [0.4, 0.5) is 0 Å². The molecule has 2 aromatic rings. The zero-order chi connectivity index (χ0) is 13.5. The molecule has 102 valence electrons. The molecular weight excluding hydrogens is 238 g/mol. The van der Waals surface area contributed by atoms with Crippen molar-refractivity contribution in [1.82, 2.24) is 15.2 Å². The maximum Gasteiger partial charge on any atom is 0.0947 e. The number of pyridine rings is 1. The van der Waals surface area contributed by atoms with Crippen molar-refractivity contribution in [3.05, 3.63) is 53.7 Å². The summed E-state index contributed by atoms with van der Waals surface area (Å²) < 4.78 is 5.08. The average molecular weight is 259 g/mol. The normalized spacial score (nSPS) is 11.1. The molecule has 0 spiro atoms. The predicted octanol–water partition coefficient (Wildman–Crippen LogP) is 2.42. The molecule has 2 rings (SSSR count). The van der Waals surface area contributed by atoms with Crippen LogP contribution in [0.15, 0.2) is 41.2 Å². The third kappa shape index (κ3) is 4.50. The van der Waals surface area contributed by atoms with E-state index in [9.17, 15) is 0 Å². The molecule has 0 radical (unpaired) electrons. The summed E-state index contributed by atoms with van der Waals surface area (Å²) in [6.07, 6.45) is 3.49. The van der Waals surface area contributed by atoms with Gasteiger partial charge in [-0.15, -0.1) is 0 Å². The van der Waals surface area contributed by atoms with Gasteiger partial charge in [-0.05, 0) is 31.8 Å². The first-order chi connectivity index (χ1) is 9.28. The zero-order valence-corrected chi connectivity index (χ0v) is 11.6. The minimum Gasteiger partial charge on any atom is -0.472 e. The third-order valence-electron chi connectivity index (χ3n) is 2.89. The van der Waals surface area contributed by atoms with E-state index in [1.165, 1.54) is 5.56 Å². The molecule has 2 heterocycles. The highest BCUT2D eigenvalue weighted by Crippen LogP contribution is 2.08. The molecule has 0 aliphatic carbocycles.